The van der Waals surface area contributed by atoms with Gasteiger partial charge in [-0.15, -0.1) is 0 Å². The summed E-state index contributed by atoms with van der Waals surface area (Å²) >= 11 is 0. The lowest BCUT2D eigenvalue weighted by Crippen LogP contribution is -2.13. The summed E-state index contributed by atoms with van der Waals surface area (Å²) in [6.45, 7) is 0. The molecule has 106 valence electrons. The number of phenolic OH excluding ortho intramolecular Hbond substituents is 1. The van der Waals surface area contributed by atoms with Gasteiger partial charge in [0, 0.05) is 0 Å². The zero-order valence-corrected chi connectivity index (χ0v) is 11.0. The molecule has 4 N–H and O–H groups in total. The average molecular weight is 284 g/mol. The number of phenols is 1. The predicted molar refractivity (Wildman–Crippen MR) is 75.9 cm³/mol. The van der Waals surface area contributed by atoms with Gasteiger partial charge in [-0.1, -0.05) is 24.3 Å². The van der Waals surface area contributed by atoms with Crippen molar-refractivity contribution in [2.45, 2.75) is 6.04 Å². The summed E-state index contributed by atoms with van der Waals surface area (Å²) in [5.41, 5.74) is 7.32. The first-order valence-corrected chi connectivity index (χ1v) is 6.37. The third kappa shape index (κ3) is 2.61. The number of aromatic amines is 1. The molecule has 0 saturated heterocycles. The van der Waals surface area contributed by atoms with Crippen LogP contribution >= 0.6 is 0 Å². The van der Waals surface area contributed by atoms with E-state index >= 15 is 0 Å². The monoisotopic (exact) mass is 284 g/mol. The molecular weight excluding hydrogens is 271 g/mol. The lowest BCUT2D eigenvalue weighted by molar-refractivity contribution is 0.477. The maximum atomic E-state index is 12.9. The molecule has 6 heteroatoms. The van der Waals surface area contributed by atoms with Gasteiger partial charge in [-0.25, -0.2) is 9.37 Å². The van der Waals surface area contributed by atoms with E-state index in [9.17, 15) is 9.50 Å². The normalized spacial score (nSPS) is 12.3. The number of aromatic hydroxyl groups is 1. The van der Waals surface area contributed by atoms with Gasteiger partial charge >= 0.3 is 0 Å². The second kappa shape index (κ2) is 5.34. The number of nitrogens with zero attached hydrogens (tertiary/aromatic N) is 2. The van der Waals surface area contributed by atoms with Crippen LogP contribution in [0.25, 0.3) is 11.4 Å². The predicted octanol–water partition coefficient (Wildman–Crippen LogP) is 2.36. The number of hydrogen-bond acceptors (Lipinski definition) is 4. The highest BCUT2D eigenvalue weighted by Gasteiger charge is 2.16. The van der Waals surface area contributed by atoms with E-state index in [2.05, 4.69) is 15.2 Å². The summed E-state index contributed by atoms with van der Waals surface area (Å²) in [5, 5.41) is 16.6. The molecule has 3 aromatic rings. The van der Waals surface area contributed by atoms with Crippen molar-refractivity contribution in [2.24, 2.45) is 5.73 Å². The van der Waals surface area contributed by atoms with Gasteiger partial charge in [0.05, 0.1) is 11.6 Å². The molecule has 21 heavy (non-hydrogen) atoms. The zero-order chi connectivity index (χ0) is 14.8. The summed E-state index contributed by atoms with van der Waals surface area (Å²) < 4.78 is 12.9. The van der Waals surface area contributed by atoms with Gasteiger partial charge in [0.25, 0.3) is 0 Å². The Hall–Kier alpha value is -2.73. The highest BCUT2D eigenvalue weighted by Crippen LogP contribution is 2.26. The molecule has 1 atom stereocenters. The SMILES string of the molecule is NC(c1ccc(F)cc1)c1nc(-c2ccccc2O)n[nH]1. The Bertz CT molecular complexity index is 754. The van der Waals surface area contributed by atoms with E-state index in [1.54, 1.807) is 36.4 Å². The first kappa shape index (κ1) is 13.3. The number of H-pyrrole nitrogens is 1. The molecule has 2 aromatic carbocycles. The Morgan fingerprint density at radius 3 is 2.52 bits per heavy atom. The Balaban J connectivity index is 1.91. The summed E-state index contributed by atoms with van der Waals surface area (Å²) in [4.78, 5) is 4.29. The molecule has 1 heterocycles. The van der Waals surface area contributed by atoms with Crippen molar-refractivity contribution in [3.8, 4) is 17.1 Å². The minimum absolute atomic E-state index is 0.0957. The fraction of sp³-hybridized carbons (Fsp3) is 0.0667. The summed E-state index contributed by atoms with van der Waals surface area (Å²) in [6.07, 6.45) is 0. The summed E-state index contributed by atoms with van der Waals surface area (Å²) in [6, 6.07) is 12.1. The lowest BCUT2D eigenvalue weighted by atomic mass is 10.1. The summed E-state index contributed by atoms with van der Waals surface area (Å²) in [5.74, 6) is 0.581. The van der Waals surface area contributed by atoms with Crippen molar-refractivity contribution in [3.63, 3.8) is 0 Å². The second-order valence-electron chi connectivity index (χ2n) is 4.59. The van der Waals surface area contributed by atoms with Gasteiger partial charge in [-0.2, -0.15) is 5.10 Å². The van der Waals surface area contributed by atoms with Crippen molar-refractivity contribution in [1.29, 1.82) is 0 Å². The number of benzene rings is 2. The maximum absolute atomic E-state index is 12.9. The standard InChI is InChI=1S/C15H13FN4O/c16-10-7-5-9(6-8-10)13(17)15-18-14(19-20-15)11-3-1-2-4-12(11)21/h1-8,13,21H,17H2,(H,18,19,20). The van der Waals surface area contributed by atoms with Crippen molar-refractivity contribution in [1.82, 2.24) is 15.2 Å². The Morgan fingerprint density at radius 1 is 1.10 bits per heavy atom. The lowest BCUT2D eigenvalue weighted by Gasteiger charge is -2.08. The van der Waals surface area contributed by atoms with E-state index < -0.39 is 6.04 Å². The van der Waals surface area contributed by atoms with Gasteiger partial charge in [-0.05, 0) is 29.8 Å². The van der Waals surface area contributed by atoms with E-state index in [4.69, 9.17) is 5.73 Å². The molecule has 1 aromatic heterocycles. The van der Waals surface area contributed by atoms with Gasteiger partial charge in [0.15, 0.2) is 5.82 Å². The van der Waals surface area contributed by atoms with Crippen LogP contribution in [-0.2, 0) is 0 Å². The third-order valence-corrected chi connectivity index (χ3v) is 3.17. The van der Waals surface area contributed by atoms with Crippen LogP contribution in [0.2, 0.25) is 0 Å². The molecule has 0 radical (unpaired) electrons. The first-order valence-electron chi connectivity index (χ1n) is 6.37. The van der Waals surface area contributed by atoms with E-state index in [0.29, 0.717) is 17.2 Å². The van der Waals surface area contributed by atoms with Crippen LogP contribution in [0.4, 0.5) is 4.39 Å². The number of hydrogen-bond donors (Lipinski definition) is 3. The van der Waals surface area contributed by atoms with Crippen LogP contribution in [0.15, 0.2) is 48.5 Å². The topological polar surface area (TPSA) is 87.8 Å². The average Bonchev–Trinajstić information content (AvgIpc) is 2.97. The largest absolute Gasteiger partial charge is 0.507 e. The molecule has 0 aliphatic carbocycles. The molecule has 0 spiro atoms. The molecule has 5 nitrogen and oxygen atoms in total. The van der Waals surface area contributed by atoms with Gasteiger partial charge in [0.2, 0.25) is 0 Å². The van der Waals surface area contributed by atoms with E-state index in [1.165, 1.54) is 12.1 Å². The number of halogens is 1. The van der Waals surface area contributed by atoms with Crippen LogP contribution in [0.5, 0.6) is 5.75 Å². The summed E-state index contributed by atoms with van der Waals surface area (Å²) in [7, 11) is 0. The fourth-order valence-electron chi connectivity index (χ4n) is 2.02. The number of aromatic nitrogens is 3. The van der Waals surface area contributed by atoms with Crippen molar-refractivity contribution in [2.75, 3.05) is 0 Å². The molecule has 0 bridgehead atoms. The third-order valence-electron chi connectivity index (χ3n) is 3.17. The van der Waals surface area contributed by atoms with Crippen LogP contribution in [0.1, 0.15) is 17.4 Å². The number of nitrogens with two attached hydrogens (primary N) is 1. The molecule has 3 rings (SSSR count). The quantitative estimate of drug-likeness (QED) is 0.689. The Morgan fingerprint density at radius 2 is 1.81 bits per heavy atom. The van der Waals surface area contributed by atoms with E-state index in [1.807, 2.05) is 0 Å². The van der Waals surface area contributed by atoms with E-state index in [-0.39, 0.29) is 11.6 Å². The molecule has 0 amide bonds. The molecule has 0 aliphatic heterocycles. The van der Waals surface area contributed by atoms with Gasteiger partial charge in [0.1, 0.15) is 17.4 Å². The molecular formula is C15H13FN4O. The number of nitrogens with one attached hydrogen (secondary N) is 1. The Kier molecular flexibility index (Phi) is 3.37. The molecule has 0 saturated carbocycles. The van der Waals surface area contributed by atoms with Crippen LogP contribution in [0.3, 0.4) is 0 Å². The highest BCUT2D eigenvalue weighted by atomic mass is 19.1. The van der Waals surface area contributed by atoms with Crippen LogP contribution in [0, 0.1) is 5.82 Å². The first-order chi connectivity index (χ1) is 10.1. The van der Waals surface area contributed by atoms with E-state index in [0.717, 1.165) is 5.56 Å². The molecule has 0 fully saturated rings. The number of rotatable bonds is 3. The van der Waals surface area contributed by atoms with Gasteiger partial charge < -0.3 is 10.8 Å². The fourth-order valence-corrected chi connectivity index (χ4v) is 2.02. The maximum Gasteiger partial charge on any atom is 0.184 e. The zero-order valence-electron chi connectivity index (χ0n) is 11.0. The van der Waals surface area contributed by atoms with Crippen molar-refractivity contribution < 1.29 is 9.50 Å². The van der Waals surface area contributed by atoms with Crippen molar-refractivity contribution >= 4 is 0 Å². The van der Waals surface area contributed by atoms with Crippen LogP contribution < -0.4 is 5.73 Å². The number of para-hydroxylation sites is 1. The molecule has 1 unspecified atom stereocenters. The van der Waals surface area contributed by atoms with Crippen molar-refractivity contribution in [3.05, 3.63) is 65.7 Å². The van der Waals surface area contributed by atoms with Gasteiger partial charge in [-0.3, -0.25) is 5.10 Å². The second-order valence-corrected chi connectivity index (χ2v) is 4.59. The smallest absolute Gasteiger partial charge is 0.184 e. The molecule has 0 aliphatic rings. The Labute approximate surface area is 120 Å². The minimum Gasteiger partial charge on any atom is -0.507 e. The highest BCUT2D eigenvalue weighted by molar-refractivity contribution is 5.63. The van der Waals surface area contributed by atoms with Crippen LogP contribution in [-0.4, -0.2) is 20.3 Å². The minimum atomic E-state index is -0.544.